The van der Waals surface area contributed by atoms with Crippen molar-refractivity contribution in [1.29, 1.82) is 0 Å². The van der Waals surface area contributed by atoms with E-state index in [1.165, 1.54) is 11.3 Å². The first kappa shape index (κ1) is 22.5. The third-order valence-corrected chi connectivity index (χ3v) is 5.17. The van der Waals surface area contributed by atoms with Gasteiger partial charge in [-0.1, -0.05) is 31.5 Å². The summed E-state index contributed by atoms with van der Waals surface area (Å²) in [5, 5.41) is 5.32. The smallest absolute Gasteiger partial charge is 0.338 e. The lowest BCUT2D eigenvalue weighted by Gasteiger charge is -2.09. The van der Waals surface area contributed by atoms with Gasteiger partial charge >= 0.3 is 5.97 Å². The number of aromatic nitrogens is 1. The fourth-order valence-corrected chi connectivity index (χ4v) is 3.43. The largest absolute Gasteiger partial charge is 0.493 e. The number of benzene rings is 2. The van der Waals surface area contributed by atoms with Crippen molar-refractivity contribution in [2.24, 2.45) is 5.92 Å². The van der Waals surface area contributed by atoms with E-state index >= 15 is 0 Å². The number of ether oxygens (including phenoxy) is 2. The summed E-state index contributed by atoms with van der Waals surface area (Å²) in [6.07, 6.45) is 0.171. The topological polar surface area (TPSA) is 77.5 Å². The number of carbonyl (C=O) groups excluding carboxylic acids is 2. The summed E-state index contributed by atoms with van der Waals surface area (Å²) in [4.78, 5) is 28.8. The highest BCUT2D eigenvalue weighted by Crippen LogP contribution is 2.16. The average Bonchev–Trinajstić information content (AvgIpc) is 3.19. The maximum absolute atomic E-state index is 12.3. The molecule has 1 heterocycles. The Kier molecular flexibility index (Phi) is 7.78. The van der Waals surface area contributed by atoms with Gasteiger partial charge in [0.1, 0.15) is 17.4 Å². The van der Waals surface area contributed by atoms with Gasteiger partial charge in [0.2, 0.25) is 5.91 Å². The molecule has 31 heavy (non-hydrogen) atoms. The Balaban J connectivity index is 1.46. The lowest BCUT2D eigenvalue weighted by atomic mass is 10.2. The summed E-state index contributed by atoms with van der Waals surface area (Å²) >= 11 is 1.37. The second kappa shape index (κ2) is 10.7. The van der Waals surface area contributed by atoms with Crippen molar-refractivity contribution in [1.82, 2.24) is 4.98 Å². The molecule has 0 aliphatic heterocycles. The van der Waals surface area contributed by atoms with E-state index in [1.807, 2.05) is 31.2 Å². The van der Waals surface area contributed by atoms with Crippen LogP contribution in [0.1, 0.15) is 40.5 Å². The number of nitrogens with one attached hydrogen (secondary N) is 1. The lowest BCUT2D eigenvalue weighted by Crippen LogP contribution is -2.14. The zero-order valence-corrected chi connectivity index (χ0v) is 18.7. The van der Waals surface area contributed by atoms with Gasteiger partial charge in [-0.3, -0.25) is 4.79 Å². The van der Waals surface area contributed by atoms with Gasteiger partial charge in [0.25, 0.3) is 0 Å². The van der Waals surface area contributed by atoms with Gasteiger partial charge in [-0.25, -0.2) is 9.78 Å². The first-order valence-electron chi connectivity index (χ1n) is 10.1. The Morgan fingerprint density at radius 1 is 1.06 bits per heavy atom. The summed E-state index contributed by atoms with van der Waals surface area (Å²) in [6, 6.07) is 14.5. The monoisotopic (exact) mass is 438 g/mol. The van der Waals surface area contributed by atoms with Crippen molar-refractivity contribution in [3.63, 3.8) is 0 Å². The van der Waals surface area contributed by atoms with Crippen LogP contribution in [0.2, 0.25) is 0 Å². The Morgan fingerprint density at radius 3 is 2.45 bits per heavy atom. The second-order valence-corrected chi connectivity index (χ2v) is 8.57. The summed E-state index contributed by atoms with van der Waals surface area (Å²) in [6.45, 7) is 6.82. The van der Waals surface area contributed by atoms with E-state index in [0.29, 0.717) is 28.8 Å². The first-order valence-corrected chi connectivity index (χ1v) is 11.0. The predicted octanol–water partition coefficient (Wildman–Crippen LogP) is 5.02. The van der Waals surface area contributed by atoms with Crippen molar-refractivity contribution in [2.75, 3.05) is 11.9 Å². The summed E-state index contributed by atoms with van der Waals surface area (Å²) in [5.41, 5.74) is 2.95. The van der Waals surface area contributed by atoms with Crippen LogP contribution in [0.3, 0.4) is 0 Å². The molecular weight excluding hydrogens is 412 g/mol. The van der Waals surface area contributed by atoms with Crippen LogP contribution in [0.5, 0.6) is 5.75 Å². The van der Waals surface area contributed by atoms with Crippen LogP contribution in [0, 0.1) is 12.8 Å². The standard InChI is InChI=1S/C24H26N2O4S/c1-16(2)13-29-21-10-6-18(7-11-21)24(28)30-14-20-15-31-23(26-20)12-22(27)25-19-8-4-17(3)5-9-19/h4-11,15-16H,12-14H2,1-3H3,(H,25,27). The minimum atomic E-state index is -0.429. The molecule has 0 saturated carbocycles. The third kappa shape index (κ3) is 7.22. The Bertz CT molecular complexity index is 1010. The fraction of sp³-hybridized carbons (Fsp3) is 0.292. The SMILES string of the molecule is Cc1ccc(NC(=O)Cc2nc(COC(=O)c3ccc(OCC(C)C)cc3)cs2)cc1. The minimum absolute atomic E-state index is 0.0561. The van der Waals surface area contributed by atoms with Crippen LogP contribution in [-0.2, 0) is 22.6 Å². The molecule has 1 amide bonds. The van der Waals surface area contributed by atoms with E-state index in [-0.39, 0.29) is 18.9 Å². The van der Waals surface area contributed by atoms with Crippen LogP contribution in [0.25, 0.3) is 0 Å². The fourth-order valence-electron chi connectivity index (χ4n) is 2.65. The van der Waals surface area contributed by atoms with Gasteiger partial charge in [0, 0.05) is 11.1 Å². The molecule has 0 radical (unpaired) electrons. The van der Waals surface area contributed by atoms with Gasteiger partial charge in [-0.05, 0) is 49.2 Å². The van der Waals surface area contributed by atoms with E-state index in [2.05, 4.69) is 24.1 Å². The number of hydrogen-bond donors (Lipinski definition) is 1. The van der Waals surface area contributed by atoms with Crippen molar-refractivity contribution >= 4 is 28.9 Å². The molecule has 1 aromatic heterocycles. The molecule has 0 saturated heterocycles. The molecule has 0 spiro atoms. The summed E-state index contributed by atoms with van der Waals surface area (Å²) in [5.74, 6) is 0.586. The zero-order valence-electron chi connectivity index (χ0n) is 17.9. The van der Waals surface area contributed by atoms with E-state index in [4.69, 9.17) is 9.47 Å². The van der Waals surface area contributed by atoms with Crippen LogP contribution in [0.15, 0.2) is 53.9 Å². The van der Waals surface area contributed by atoms with Crippen molar-refractivity contribution in [3.8, 4) is 5.75 Å². The number of aryl methyl sites for hydroxylation is 1. The number of anilines is 1. The summed E-state index contributed by atoms with van der Waals surface area (Å²) in [7, 11) is 0. The molecule has 0 atom stereocenters. The van der Waals surface area contributed by atoms with Gasteiger partial charge in [-0.2, -0.15) is 0 Å². The number of esters is 1. The molecule has 7 heteroatoms. The highest BCUT2D eigenvalue weighted by Gasteiger charge is 2.12. The Morgan fingerprint density at radius 2 is 1.77 bits per heavy atom. The molecule has 0 unspecified atom stereocenters. The van der Waals surface area contributed by atoms with Crippen LogP contribution >= 0.6 is 11.3 Å². The molecule has 3 aromatic rings. The predicted molar refractivity (Wildman–Crippen MR) is 122 cm³/mol. The van der Waals surface area contributed by atoms with Crippen LogP contribution in [0.4, 0.5) is 5.69 Å². The van der Waals surface area contributed by atoms with E-state index in [9.17, 15) is 9.59 Å². The average molecular weight is 439 g/mol. The number of carbonyl (C=O) groups is 2. The molecule has 2 aromatic carbocycles. The maximum atomic E-state index is 12.3. The van der Waals surface area contributed by atoms with Crippen molar-refractivity contribution in [3.05, 3.63) is 75.7 Å². The number of amides is 1. The molecule has 6 nitrogen and oxygen atoms in total. The van der Waals surface area contributed by atoms with Crippen molar-refractivity contribution in [2.45, 2.75) is 33.8 Å². The first-order chi connectivity index (χ1) is 14.9. The van der Waals surface area contributed by atoms with Crippen molar-refractivity contribution < 1.29 is 19.1 Å². The van der Waals surface area contributed by atoms with E-state index in [0.717, 1.165) is 17.0 Å². The number of rotatable bonds is 9. The molecule has 3 rings (SSSR count). The normalized spacial score (nSPS) is 10.7. The molecular formula is C24H26N2O4S. The maximum Gasteiger partial charge on any atom is 0.338 e. The zero-order chi connectivity index (χ0) is 22.2. The minimum Gasteiger partial charge on any atom is -0.493 e. The molecule has 1 N–H and O–H groups in total. The molecule has 162 valence electrons. The van der Waals surface area contributed by atoms with E-state index in [1.54, 1.807) is 29.6 Å². The lowest BCUT2D eigenvalue weighted by molar-refractivity contribution is -0.115. The number of nitrogens with zero attached hydrogens (tertiary/aromatic N) is 1. The summed E-state index contributed by atoms with van der Waals surface area (Å²) < 4.78 is 11.0. The van der Waals surface area contributed by atoms with Crippen LogP contribution < -0.4 is 10.1 Å². The van der Waals surface area contributed by atoms with Gasteiger partial charge in [0.05, 0.1) is 24.3 Å². The second-order valence-electron chi connectivity index (χ2n) is 7.63. The molecule has 0 fully saturated rings. The molecule has 0 aliphatic rings. The molecule has 0 bridgehead atoms. The number of hydrogen-bond acceptors (Lipinski definition) is 6. The highest BCUT2D eigenvalue weighted by molar-refractivity contribution is 7.09. The number of thiazole rings is 1. The van der Waals surface area contributed by atoms with Gasteiger partial charge in [-0.15, -0.1) is 11.3 Å². The Labute approximate surface area is 186 Å². The third-order valence-electron chi connectivity index (χ3n) is 4.27. The van der Waals surface area contributed by atoms with Gasteiger partial charge in [0.15, 0.2) is 0 Å². The van der Waals surface area contributed by atoms with Gasteiger partial charge < -0.3 is 14.8 Å². The molecule has 0 aliphatic carbocycles. The van der Waals surface area contributed by atoms with Crippen LogP contribution in [-0.4, -0.2) is 23.5 Å². The quantitative estimate of drug-likeness (QED) is 0.475. The van der Waals surface area contributed by atoms with E-state index < -0.39 is 5.97 Å². The Hall–Kier alpha value is -3.19. The highest BCUT2D eigenvalue weighted by atomic mass is 32.1.